The lowest BCUT2D eigenvalue weighted by Crippen LogP contribution is -2.13. The number of carboxylic acid groups (broad SMARTS) is 1. The highest BCUT2D eigenvalue weighted by atomic mass is 79.9. The zero-order valence-corrected chi connectivity index (χ0v) is 15.6. The molecule has 3 rings (SSSR count). The van der Waals surface area contributed by atoms with Crippen LogP contribution in [0.15, 0.2) is 53.0 Å². The molecule has 0 heterocycles. The Morgan fingerprint density at radius 2 is 1.60 bits per heavy atom. The number of carbonyl (C=O) groups excluding carboxylic acids is 1. The summed E-state index contributed by atoms with van der Waals surface area (Å²) < 4.78 is 0.873. The van der Waals surface area contributed by atoms with Crippen molar-refractivity contribution in [1.29, 1.82) is 0 Å². The number of amides is 1. The number of carboxylic acids is 1. The van der Waals surface area contributed by atoms with Crippen LogP contribution in [-0.2, 0) is 0 Å². The van der Waals surface area contributed by atoms with Gasteiger partial charge in [0.25, 0.3) is 5.91 Å². The van der Waals surface area contributed by atoms with E-state index < -0.39 is 11.9 Å². The van der Waals surface area contributed by atoms with Gasteiger partial charge in [0, 0.05) is 10.0 Å². The van der Waals surface area contributed by atoms with Crippen molar-refractivity contribution in [1.82, 2.24) is 0 Å². The van der Waals surface area contributed by atoms with E-state index in [1.54, 1.807) is 12.1 Å². The van der Waals surface area contributed by atoms with Crippen LogP contribution >= 0.6 is 39.1 Å². The van der Waals surface area contributed by atoms with E-state index in [1.807, 2.05) is 24.3 Å². The summed E-state index contributed by atoms with van der Waals surface area (Å²) in [6.07, 6.45) is 0. The quantitative estimate of drug-likeness (QED) is 0.538. The fourth-order valence-corrected chi connectivity index (χ4v) is 3.48. The molecule has 1 amide bonds. The number of carbonyl (C=O) groups is 2. The molecule has 2 N–H and O–H groups in total. The molecule has 0 aliphatic heterocycles. The normalized spacial score (nSPS) is 10.7. The molecule has 0 saturated heterocycles. The topological polar surface area (TPSA) is 66.4 Å². The molecular weight excluding hydrogens is 429 g/mol. The van der Waals surface area contributed by atoms with Crippen molar-refractivity contribution in [2.75, 3.05) is 5.32 Å². The minimum Gasteiger partial charge on any atom is -0.478 e. The Bertz CT molecular complexity index is 1020. The van der Waals surface area contributed by atoms with Crippen LogP contribution in [0.5, 0.6) is 0 Å². The summed E-state index contributed by atoms with van der Waals surface area (Å²) >= 11 is 15.4. The van der Waals surface area contributed by atoms with Crippen LogP contribution in [0.4, 0.5) is 5.69 Å². The first-order chi connectivity index (χ1) is 11.9. The summed E-state index contributed by atoms with van der Waals surface area (Å²) in [7, 11) is 0. The molecule has 126 valence electrons. The zero-order chi connectivity index (χ0) is 18.1. The Morgan fingerprint density at radius 1 is 0.920 bits per heavy atom. The van der Waals surface area contributed by atoms with Crippen molar-refractivity contribution in [3.8, 4) is 0 Å². The van der Waals surface area contributed by atoms with Crippen LogP contribution in [0.2, 0.25) is 10.0 Å². The van der Waals surface area contributed by atoms with Gasteiger partial charge in [0.2, 0.25) is 0 Å². The van der Waals surface area contributed by atoms with E-state index >= 15 is 0 Å². The second-order valence-electron chi connectivity index (χ2n) is 5.21. The molecule has 0 aliphatic carbocycles. The molecule has 0 radical (unpaired) electrons. The first kappa shape index (κ1) is 17.7. The number of aromatic carboxylic acids is 1. The van der Waals surface area contributed by atoms with Crippen LogP contribution in [-0.4, -0.2) is 17.0 Å². The van der Waals surface area contributed by atoms with Crippen molar-refractivity contribution in [2.45, 2.75) is 0 Å². The smallest absolute Gasteiger partial charge is 0.337 e. The molecule has 0 bridgehead atoms. The Morgan fingerprint density at radius 3 is 2.32 bits per heavy atom. The third-order valence-corrected chi connectivity index (χ3v) is 4.97. The van der Waals surface area contributed by atoms with Gasteiger partial charge in [0.1, 0.15) is 0 Å². The van der Waals surface area contributed by atoms with Crippen molar-refractivity contribution >= 4 is 67.5 Å². The zero-order valence-electron chi connectivity index (χ0n) is 12.5. The number of anilines is 1. The molecule has 0 saturated carbocycles. The van der Waals surface area contributed by atoms with E-state index in [4.69, 9.17) is 28.3 Å². The summed E-state index contributed by atoms with van der Waals surface area (Å²) in [5, 5.41) is 13.6. The maximum atomic E-state index is 12.7. The lowest BCUT2D eigenvalue weighted by Gasteiger charge is -2.11. The van der Waals surface area contributed by atoms with Gasteiger partial charge >= 0.3 is 5.97 Å². The highest BCUT2D eigenvalue weighted by Gasteiger charge is 2.16. The van der Waals surface area contributed by atoms with Crippen molar-refractivity contribution in [3.05, 3.63) is 74.2 Å². The van der Waals surface area contributed by atoms with Gasteiger partial charge in [-0.2, -0.15) is 0 Å². The van der Waals surface area contributed by atoms with Gasteiger partial charge in [-0.1, -0.05) is 63.4 Å². The van der Waals surface area contributed by atoms with E-state index in [0.29, 0.717) is 5.56 Å². The number of nitrogens with one attached hydrogen (secondary N) is 1. The van der Waals surface area contributed by atoms with E-state index in [0.717, 1.165) is 15.2 Å². The Hall–Kier alpha value is -2.08. The number of benzene rings is 3. The average molecular weight is 439 g/mol. The Labute approximate surface area is 161 Å². The maximum Gasteiger partial charge on any atom is 0.337 e. The first-order valence-electron chi connectivity index (χ1n) is 7.09. The molecule has 0 spiro atoms. The van der Waals surface area contributed by atoms with E-state index in [2.05, 4.69) is 21.2 Å². The average Bonchev–Trinajstić information content (AvgIpc) is 2.56. The van der Waals surface area contributed by atoms with Gasteiger partial charge in [0.15, 0.2) is 0 Å². The Kier molecular flexibility index (Phi) is 4.99. The lowest BCUT2D eigenvalue weighted by atomic mass is 10.0. The summed E-state index contributed by atoms with van der Waals surface area (Å²) in [5.74, 6) is -1.60. The monoisotopic (exact) mass is 437 g/mol. The Balaban J connectivity index is 2.03. The second-order valence-corrected chi connectivity index (χ2v) is 6.88. The largest absolute Gasteiger partial charge is 0.478 e. The van der Waals surface area contributed by atoms with Gasteiger partial charge in [0.05, 0.1) is 21.3 Å². The molecule has 0 aromatic heterocycles. The van der Waals surface area contributed by atoms with Crippen LogP contribution in [0.3, 0.4) is 0 Å². The van der Waals surface area contributed by atoms with Crippen LogP contribution in [0, 0.1) is 0 Å². The number of fused-ring (bicyclic) bond motifs is 1. The number of hydrogen-bond donors (Lipinski definition) is 2. The molecule has 3 aromatic carbocycles. The summed E-state index contributed by atoms with van der Waals surface area (Å²) in [6, 6.07) is 13.4. The van der Waals surface area contributed by atoms with Gasteiger partial charge in [-0.05, 0) is 35.0 Å². The van der Waals surface area contributed by atoms with Gasteiger partial charge in [-0.15, -0.1) is 0 Å². The fraction of sp³-hybridized carbons (Fsp3) is 0. The predicted molar refractivity (Wildman–Crippen MR) is 103 cm³/mol. The molecule has 25 heavy (non-hydrogen) atoms. The van der Waals surface area contributed by atoms with Crippen LogP contribution < -0.4 is 5.32 Å². The molecule has 0 aliphatic rings. The first-order valence-corrected chi connectivity index (χ1v) is 8.64. The molecule has 0 atom stereocenters. The summed E-state index contributed by atoms with van der Waals surface area (Å²) in [5.41, 5.74) is 0.490. The van der Waals surface area contributed by atoms with Crippen LogP contribution in [0.1, 0.15) is 20.7 Å². The van der Waals surface area contributed by atoms with E-state index in [-0.39, 0.29) is 21.3 Å². The highest BCUT2D eigenvalue weighted by molar-refractivity contribution is 9.10. The number of rotatable bonds is 3. The maximum absolute atomic E-state index is 12.7. The third kappa shape index (κ3) is 3.49. The molecule has 0 unspecified atom stereocenters. The molecule has 7 heteroatoms. The highest BCUT2D eigenvalue weighted by Crippen LogP contribution is 2.31. The number of halogens is 3. The van der Waals surface area contributed by atoms with Gasteiger partial charge in [-0.25, -0.2) is 4.79 Å². The molecular formula is C18H10BrCl2NO3. The minimum absolute atomic E-state index is 0.00425. The number of hydrogen-bond acceptors (Lipinski definition) is 2. The van der Waals surface area contributed by atoms with Crippen molar-refractivity contribution < 1.29 is 14.7 Å². The van der Waals surface area contributed by atoms with E-state index in [1.165, 1.54) is 12.1 Å². The van der Waals surface area contributed by atoms with E-state index in [9.17, 15) is 9.59 Å². The standard InChI is InChI=1S/C18H10BrCl2NO3/c19-13-6-2-3-9-10(13)4-1-5-11(9)17(23)22-16-7-12(18(24)25)14(20)8-15(16)21/h1-8H,(H,22,23)(H,24,25). The van der Waals surface area contributed by atoms with Crippen molar-refractivity contribution in [2.24, 2.45) is 0 Å². The van der Waals surface area contributed by atoms with Crippen molar-refractivity contribution in [3.63, 3.8) is 0 Å². The predicted octanol–water partition coefficient (Wildman–Crippen LogP) is 5.86. The minimum atomic E-state index is -1.20. The lowest BCUT2D eigenvalue weighted by molar-refractivity contribution is 0.0696. The third-order valence-electron chi connectivity index (χ3n) is 3.65. The van der Waals surface area contributed by atoms with Gasteiger partial charge in [-0.3, -0.25) is 4.79 Å². The molecule has 0 fully saturated rings. The fourth-order valence-electron chi connectivity index (χ4n) is 2.47. The molecule has 3 aromatic rings. The SMILES string of the molecule is O=C(O)c1cc(NC(=O)c2cccc3c(Br)cccc23)c(Cl)cc1Cl. The van der Waals surface area contributed by atoms with Gasteiger partial charge < -0.3 is 10.4 Å². The summed E-state index contributed by atoms with van der Waals surface area (Å²) in [6.45, 7) is 0. The van der Waals surface area contributed by atoms with Crippen LogP contribution in [0.25, 0.3) is 10.8 Å². The summed E-state index contributed by atoms with van der Waals surface area (Å²) in [4.78, 5) is 23.9. The molecule has 4 nitrogen and oxygen atoms in total. The second kappa shape index (κ2) is 7.04.